The molecule has 3 rings (SSSR count). The normalized spacial score (nSPS) is 11.4. The minimum atomic E-state index is -0.320. The number of aryl methyl sites for hydroxylation is 2. The van der Waals surface area contributed by atoms with Gasteiger partial charge in [-0.3, -0.25) is 0 Å². The van der Waals surface area contributed by atoms with Crippen LogP contribution in [-0.4, -0.2) is 0 Å². The van der Waals surface area contributed by atoms with Crippen LogP contribution in [0.3, 0.4) is 0 Å². The Hall–Kier alpha value is -2.03. The Morgan fingerprint density at radius 2 is 1.94 bits per heavy atom. The van der Waals surface area contributed by atoms with Crippen molar-refractivity contribution in [3.05, 3.63) is 46.0 Å². The lowest BCUT2D eigenvalue weighted by molar-refractivity contribution is 0.555. The lowest BCUT2D eigenvalue weighted by atomic mass is 10.1. The van der Waals surface area contributed by atoms with Gasteiger partial charge in [-0.2, -0.15) is 0 Å². The summed E-state index contributed by atoms with van der Waals surface area (Å²) < 4.78 is 10.6. The molecule has 2 heterocycles. The van der Waals surface area contributed by atoms with E-state index in [1.807, 2.05) is 26.0 Å². The standard InChI is InChI=1S/C13H10O3/c1-7-5-11(14)16-13-8(2)12-9(3-4-15-12)6-10(7)13/h3-6H,1-2H3. The molecule has 0 spiro atoms. The summed E-state index contributed by atoms with van der Waals surface area (Å²) >= 11 is 0. The van der Waals surface area contributed by atoms with Gasteiger partial charge in [0.1, 0.15) is 11.2 Å². The molecule has 0 N–H and O–H groups in total. The minimum Gasteiger partial charge on any atom is -0.464 e. The number of furan rings is 1. The van der Waals surface area contributed by atoms with Gasteiger partial charge in [0.05, 0.1) is 6.26 Å². The summed E-state index contributed by atoms with van der Waals surface area (Å²) in [5.41, 5.74) is 2.88. The third kappa shape index (κ3) is 1.11. The summed E-state index contributed by atoms with van der Waals surface area (Å²) in [6.07, 6.45) is 1.64. The van der Waals surface area contributed by atoms with Crippen molar-refractivity contribution in [2.75, 3.05) is 0 Å². The molecule has 0 saturated carbocycles. The van der Waals surface area contributed by atoms with E-state index in [9.17, 15) is 4.79 Å². The Balaban J connectivity index is 2.66. The quantitative estimate of drug-likeness (QED) is 0.540. The molecule has 0 bridgehead atoms. The van der Waals surface area contributed by atoms with Crippen molar-refractivity contribution >= 4 is 21.9 Å². The van der Waals surface area contributed by atoms with Crippen LogP contribution >= 0.6 is 0 Å². The van der Waals surface area contributed by atoms with Crippen LogP contribution < -0.4 is 5.63 Å². The van der Waals surface area contributed by atoms with E-state index in [2.05, 4.69) is 0 Å². The van der Waals surface area contributed by atoms with Crippen LogP contribution in [0, 0.1) is 13.8 Å². The molecule has 0 aliphatic heterocycles. The van der Waals surface area contributed by atoms with Crippen molar-refractivity contribution in [3.8, 4) is 0 Å². The largest absolute Gasteiger partial charge is 0.464 e. The van der Waals surface area contributed by atoms with Crippen molar-refractivity contribution in [1.82, 2.24) is 0 Å². The Morgan fingerprint density at radius 1 is 1.12 bits per heavy atom. The molecule has 3 aromatic rings. The highest BCUT2D eigenvalue weighted by atomic mass is 16.4. The van der Waals surface area contributed by atoms with Crippen molar-refractivity contribution in [3.63, 3.8) is 0 Å². The molecule has 0 atom stereocenters. The Labute approximate surface area is 91.3 Å². The summed E-state index contributed by atoms with van der Waals surface area (Å²) in [4.78, 5) is 11.3. The lowest BCUT2D eigenvalue weighted by Crippen LogP contribution is -1.98. The minimum absolute atomic E-state index is 0.320. The molecular formula is C13H10O3. The summed E-state index contributed by atoms with van der Waals surface area (Å²) in [5, 5.41) is 1.99. The van der Waals surface area contributed by atoms with E-state index in [-0.39, 0.29) is 5.63 Å². The van der Waals surface area contributed by atoms with Gasteiger partial charge in [-0.05, 0) is 31.5 Å². The van der Waals surface area contributed by atoms with Crippen LogP contribution in [0.25, 0.3) is 21.9 Å². The average Bonchev–Trinajstić information content (AvgIpc) is 2.68. The molecule has 0 aliphatic rings. The summed E-state index contributed by atoms with van der Waals surface area (Å²) in [6.45, 7) is 3.81. The maximum atomic E-state index is 11.3. The molecule has 0 aliphatic carbocycles. The molecule has 0 radical (unpaired) electrons. The van der Waals surface area contributed by atoms with E-state index >= 15 is 0 Å². The lowest BCUT2D eigenvalue weighted by Gasteiger charge is -2.03. The molecular weight excluding hydrogens is 204 g/mol. The average molecular weight is 214 g/mol. The van der Waals surface area contributed by atoms with Crippen molar-refractivity contribution < 1.29 is 8.83 Å². The smallest absolute Gasteiger partial charge is 0.336 e. The van der Waals surface area contributed by atoms with Gasteiger partial charge in [0.2, 0.25) is 0 Å². The van der Waals surface area contributed by atoms with Gasteiger partial charge < -0.3 is 8.83 Å². The van der Waals surface area contributed by atoms with Gasteiger partial charge in [0.15, 0.2) is 0 Å². The Kier molecular flexibility index (Phi) is 1.72. The zero-order valence-corrected chi connectivity index (χ0v) is 9.03. The number of fused-ring (bicyclic) bond motifs is 2. The molecule has 0 amide bonds. The van der Waals surface area contributed by atoms with Gasteiger partial charge in [0, 0.05) is 22.4 Å². The van der Waals surface area contributed by atoms with E-state index in [0.29, 0.717) is 5.58 Å². The molecule has 0 fully saturated rings. The second-order valence-corrected chi connectivity index (χ2v) is 3.97. The molecule has 0 saturated heterocycles. The fourth-order valence-corrected chi connectivity index (χ4v) is 2.07. The van der Waals surface area contributed by atoms with E-state index < -0.39 is 0 Å². The van der Waals surface area contributed by atoms with E-state index in [1.54, 1.807) is 6.26 Å². The Bertz CT molecular complexity index is 747. The molecule has 0 unspecified atom stereocenters. The van der Waals surface area contributed by atoms with Crippen molar-refractivity contribution in [2.24, 2.45) is 0 Å². The number of hydrogen-bond donors (Lipinski definition) is 0. The van der Waals surface area contributed by atoms with Crippen molar-refractivity contribution in [1.29, 1.82) is 0 Å². The molecule has 3 heteroatoms. The Morgan fingerprint density at radius 3 is 2.75 bits per heavy atom. The molecule has 16 heavy (non-hydrogen) atoms. The number of benzene rings is 1. The first-order chi connectivity index (χ1) is 7.66. The predicted octanol–water partition coefficient (Wildman–Crippen LogP) is 3.16. The predicted molar refractivity (Wildman–Crippen MR) is 61.7 cm³/mol. The monoisotopic (exact) mass is 214 g/mol. The van der Waals surface area contributed by atoms with Gasteiger partial charge in [0.25, 0.3) is 0 Å². The van der Waals surface area contributed by atoms with Gasteiger partial charge >= 0.3 is 5.63 Å². The molecule has 2 aromatic heterocycles. The molecule has 3 nitrogen and oxygen atoms in total. The summed E-state index contributed by atoms with van der Waals surface area (Å²) in [7, 11) is 0. The highest BCUT2D eigenvalue weighted by Gasteiger charge is 2.10. The maximum absolute atomic E-state index is 11.3. The van der Waals surface area contributed by atoms with Gasteiger partial charge in [-0.15, -0.1) is 0 Å². The number of hydrogen-bond acceptors (Lipinski definition) is 3. The summed E-state index contributed by atoms with van der Waals surface area (Å²) in [5.74, 6) is 0. The first-order valence-corrected chi connectivity index (χ1v) is 5.08. The number of rotatable bonds is 0. The van der Waals surface area contributed by atoms with Gasteiger partial charge in [-0.1, -0.05) is 0 Å². The van der Waals surface area contributed by atoms with Crippen LogP contribution in [0.15, 0.2) is 38.1 Å². The fourth-order valence-electron chi connectivity index (χ4n) is 2.07. The fraction of sp³-hybridized carbons (Fsp3) is 0.154. The van der Waals surface area contributed by atoms with E-state index in [4.69, 9.17) is 8.83 Å². The van der Waals surface area contributed by atoms with E-state index in [0.717, 1.165) is 27.5 Å². The van der Waals surface area contributed by atoms with Crippen LogP contribution in [0.1, 0.15) is 11.1 Å². The SMILES string of the molecule is Cc1cc(=O)oc2c(C)c3occc3cc12. The highest BCUT2D eigenvalue weighted by Crippen LogP contribution is 2.29. The molecule has 80 valence electrons. The van der Waals surface area contributed by atoms with Crippen LogP contribution in [0.4, 0.5) is 0 Å². The van der Waals surface area contributed by atoms with Crippen LogP contribution in [-0.2, 0) is 0 Å². The van der Waals surface area contributed by atoms with Gasteiger partial charge in [-0.25, -0.2) is 4.79 Å². The zero-order valence-electron chi connectivity index (χ0n) is 9.03. The van der Waals surface area contributed by atoms with Crippen LogP contribution in [0.2, 0.25) is 0 Å². The van der Waals surface area contributed by atoms with Crippen molar-refractivity contribution in [2.45, 2.75) is 13.8 Å². The van der Waals surface area contributed by atoms with Crippen LogP contribution in [0.5, 0.6) is 0 Å². The third-order valence-electron chi connectivity index (χ3n) is 2.88. The highest BCUT2D eigenvalue weighted by molar-refractivity contribution is 5.97. The third-order valence-corrected chi connectivity index (χ3v) is 2.88. The second kappa shape index (κ2) is 2.98. The second-order valence-electron chi connectivity index (χ2n) is 3.97. The topological polar surface area (TPSA) is 43.4 Å². The maximum Gasteiger partial charge on any atom is 0.336 e. The first kappa shape index (κ1) is 9.21. The first-order valence-electron chi connectivity index (χ1n) is 5.08. The summed E-state index contributed by atoms with van der Waals surface area (Å²) in [6, 6.07) is 5.40. The zero-order chi connectivity index (χ0) is 11.3. The molecule has 1 aromatic carbocycles. The van der Waals surface area contributed by atoms with E-state index in [1.165, 1.54) is 6.07 Å².